The zero-order chi connectivity index (χ0) is 25.4. The topological polar surface area (TPSA) is 117 Å². The number of aromatic amines is 1. The summed E-state index contributed by atoms with van der Waals surface area (Å²) in [6.45, 7) is 2.08. The number of fused-ring (bicyclic) bond motifs is 1. The van der Waals surface area contributed by atoms with Gasteiger partial charge in [-0.3, -0.25) is 19.7 Å². The molecule has 1 atom stereocenters. The van der Waals surface area contributed by atoms with Gasteiger partial charge in [0.1, 0.15) is 5.76 Å². The molecule has 1 fully saturated rings. The number of carbonyl (C=O) groups is 2. The molecule has 5 rings (SSSR count). The molecule has 0 saturated carbocycles. The van der Waals surface area contributed by atoms with Crippen LogP contribution in [0, 0.1) is 17.0 Å². The number of aliphatic hydroxyl groups is 1. The van der Waals surface area contributed by atoms with E-state index in [-0.39, 0.29) is 23.6 Å². The highest BCUT2D eigenvalue weighted by molar-refractivity contribution is 6.46. The van der Waals surface area contributed by atoms with Crippen LogP contribution in [0.2, 0.25) is 0 Å². The Balaban J connectivity index is 1.59. The lowest BCUT2D eigenvalue weighted by Crippen LogP contribution is -2.31. The monoisotopic (exact) mass is 481 g/mol. The third-order valence-electron chi connectivity index (χ3n) is 6.56. The fourth-order valence-electron chi connectivity index (χ4n) is 4.71. The summed E-state index contributed by atoms with van der Waals surface area (Å²) >= 11 is 0. The number of nitrogens with one attached hydrogen (secondary N) is 1. The Morgan fingerprint density at radius 1 is 1.06 bits per heavy atom. The minimum absolute atomic E-state index is 0.0803. The van der Waals surface area contributed by atoms with Crippen molar-refractivity contribution in [3.05, 3.63) is 117 Å². The number of H-pyrrole nitrogens is 1. The SMILES string of the molecule is Cc1ccc(C(O)=C2C(=O)C(=O)N(CCc3c[nH]c4ccccc34)[C@@H]2c2cccc([N+](=O)[O-])c2)cc1. The maximum absolute atomic E-state index is 13.2. The van der Waals surface area contributed by atoms with E-state index < -0.39 is 22.7 Å². The van der Waals surface area contributed by atoms with Gasteiger partial charge in [0, 0.05) is 41.3 Å². The van der Waals surface area contributed by atoms with E-state index in [1.807, 2.05) is 37.4 Å². The van der Waals surface area contributed by atoms with E-state index in [1.165, 1.54) is 23.1 Å². The molecule has 0 aliphatic carbocycles. The molecule has 1 aliphatic heterocycles. The molecule has 36 heavy (non-hydrogen) atoms. The van der Waals surface area contributed by atoms with Crippen molar-refractivity contribution in [3.8, 4) is 0 Å². The van der Waals surface area contributed by atoms with Crippen molar-refractivity contribution in [2.24, 2.45) is 0 Å². The lowest BCUT2D eigenvalue weighted by Gasteiger charge is -2.25. The van der Waals surface area contributed by atoms with Gasteiger partial charge in [0.25, 0.3) is 17.4 Å². The number of nitro groups is 1. The molecule has 0 unspecified atom stereocenters. The molecule has 1 amide bonds. The van der Waals surface area contributed by atoms with Gasteiger partial charge in [0.05, 0.1) is 16.5 Å². The van der Waals surface area contributed by atoms with E-state index in [0.29, 0.717) is 17.5 Å². The van der Waals surface area contributed by atoms with Gasteiger partial charge in [-0.15, -0.1) is 0 Å². The van der Waals surface area contributed by atoms with Crippen molar-refractivity contribution in [2.45, 2.75) is 19.4 Å². The number of nitrogens with zero attached hydrogens (tertiary/aromatic N) is 2. The molecular formula is C28H23N3O5. The van der Waals surface area contributed by atoms with Gasteiger partial charge in [-0.25, -0.2) is 0 Å². The van der Waals surface area contributed by atoms with Gasteiger partial charge in [0.2, 0.25) is 0 Å². The van der Waals surface area contributed by atoms with Crippen molar-refractivity contribution >= 4 is 34.0 Å². The summed E-state index contributed by atoms with van der Waals surface area (Å²) in [6.07, 6.45) is 2.32. The zero-order valence-electron chi connectivity index (χ0n) is 19.5. The van der Waals surface area contributed by atoms with E-state index in [4.69, 9.17) is 0 Å². The summed E-state index contributed by atoms with van der Waals surface area (Å²) < 4.78 is 0. The summed E-state index contributed by atoms with van der Waals surface area (Å²) in [5.74, 6) is -1.87. The summed E-state index contributed by atoms with van der Waals surface area (Å²) in [5, 5.41) is 23.6. The van der Waals surface area contributed by atoms with Crippen LogP contribution in [0.4, 0.5) is 5.69 Å². The molecule has 0 radical (unpaired) electrons. The van der Waals surface area contributed by atoms with Gasteiger partial charge in [0.15, 0.2) is 0 Å². The standard InChI is InChI=1S/C28H23N3O5/c1-17-9-11-18(12-10-17)26(32)24-25(19-5-4-6-21(15-19)31(35)36)30(28(34)27(24)33)14-13-20-16-29-23-8-3-2-7-22(20)23/h2-12,15-16,25,29,32H,13-14H2,1H3/t25-/m1/s1. The summed E-state index contributed by atoms with van der Waals surface area (Å²) in [4.78, 5) is 42.0. The maximum Gasteiger partial charge on any atom is 0.295 e. The van der Waals surface area contributed by atoms with E-state index in [0.717, 1.165) is 22.0 Å². The highest BCUT2D eigenvalue weighted by Crippen LogP contribution is 2.40. The van der Waals surface area contributed by atoms with Crippen molar-refractivity contribution in [1.29, 1.82) is 0 Å². The average molecular weight is 482 g/mol. The van der Waals surface area contributed by atoms with Crippen molar-refractivity contribution in [3.63, 3.8) is 0 Å². The number of amides is 1. The smallest absolute Gasteiger partial charge is 0.295 e. The van der Waals surface area contributed by atoms with Gasteiger partial charge in [-0.1, -0.05) is 60.2 Å². The maximum atomic E-state index is 13.2. The molecule has 180 valence electrons. The number of para-hydroxylation sites is 1. The quantitative estimate of drug-likeness (QED) is 0.131. The minimum Gasteiger partial charge on any atom is -0.507 e. The van der Waals surface area contributed by atoms with E-state index in [1.54, 1.807) is 30.3 Å². The van der Waals surface area contributed by atoms with Crippen LogP contribution in [0.25, 0.3) is 16.7 Å². The van der Waals surface area contributed by atoms with Crippen LogP contribution in [0.15, 0.2) is 84.6 Å². The Hall–Kier alpha value is -4.72. The number of hydrogen-bond donors (Lipinski definition) is 2. The van der Waals surface area contributed by atoms with Crippen molar-refractivity contribution in [1.82, 2.24) is 9.88 Å². The van der Waals surface area contributed by atoms with Crippen molar-refractivity contribution < 1.29 is 19.6 Å². The highest BCUT2D eigenvalue weighted by Gasteiger charge is 2.46. The van der Waals surface area contributed by atoms with Crippen LogP contribution >= 0.6 is 0 Å². The van der Waals surface area contributed by atoms with Gasteiger partial charge < -0.3 is 15.0 Å². The molecule has 1 aromatic heterocycles. The Kier molecular flexibility index (Phi) is 5.85. The molecule has 4 aromatic rings. The van der Waals surface area contributed by atoms with Crippen LogP contribution in [-0.4, -0.2) is 38.1 Å². The number of hydrogen-bond acceptors (Lipinski definition) is 5. The number of ketones is 1. The van der Waals surface area contributed by atoms with Crippen LogP contribution < -0.4 is 0 Å². The number of aliphatic hydroxyl groups excluding tert-OH is 1. The zero-order valence-corrected chi connectivity index (χ0v) is 19.5. The van der Waals surface area contributed by atoms with E-state index >= 15 is 0 Å². The number of rotatable bonds is 6. The van der Waals surface area contributed by atoms with Gasteiger partial charge in [-0.2, -0.15) is 0 Å². The molecule has 3 aromatic carbocycles. The molecule has 0 spiro atoms. The molecule has 1 saturated heterocycles. The van der Waals surface area contributed by atoms with E-state index in [9.17, 15) is 24.8 Å². The molecule has 0 bridgehead atoms. The molecule has 1 aliphatic rings. The van der Waals surface area contributed by atoms with Crippen LogP contribution in [-0.2, 0) is 16.0 Å². The van der Waals surface area contributed by atoms with Gasteiger partial charge in [-0.05, 0) is 30.5 Å². The Morgan fingerprint density at radius 3 is 2.56 bits per heavy atom. The first kappa shape index (κ1) is 23.0. The number of nitro benzene ring substituents is 1. The largest absolute Gasteiger partial charge is 0.507 e. The second kappa shape index (κ2) is 9.14. The number of aromatic nitrogens is 1. The lowest BCUT2D eigenvalue weighted by atomic mass is 9.94. The molecule has 2 heterocycles. The predicted molar refractivity (Wildman–Crippen MR) is 135 cm³/mol. The Bertz CT molecular complexity index is 1530. The average Bonchev–Trinajstić information content (AvgIpc) is 3.41. The number of carbonyl (C=O) groups excluding carboxylic acids is 2. The number of Topliss-reactive ketones (excluding diaryl/α,β-unsaturated/α-hetero) is 1. The molecule has 8 nitrogen and oxygen atoms in total. The predicted octanol–water partition coefficient (Wildman–Crippen LogP) is 5.05. The number of benzene rings is 3. The molecule has 2 N–H and O–H groups in total. The summed E-state index contributed by atoms with van der Waals surface area (Å²) in [6, 6.07) is 19.6. The van der Waals surface area contributed by atoms with Crippen LogP contribution in [0.5, 0.6) is 0 Å². The first-order valence-electron chi connectivity index (χ1n) is 11.5. The minimum atomic E-state index is -0.962. The fourth-order valence-corrected chi connectivity index (χ4v) is 4.71. The number of likely N-dealkylation sites (tertiary alicyclic amines) is 1. The first-order valence-corrected chi connectivity index (χ1v) is 11.5. The second-order valence-electron chi connectivity index (χ2n) is 8.82. The first-order chi connectivity index (χ1) is 17.3. The lowest BCUT2D eigenvalue weighted by molar-refractivity contribution is -0.384. The third kappa shape index (κ3) is 4.02. The Labute approximate surface area is 206 Å². The van der Waals surface area contributed by atoms with E-state index in [2.05, 4.69) is 4.98 Å². The molecular weight excluding hydrogens is 458 g/mol. The van der Waals surface area contributed by atoms with Crippen molar-refractivity contribution in [2.75, 3.05) is 6.54 Å². The second-order valence-corrected chi connectivity index (χ2v) is 8.82. The highest BCUT2D eigenvalue weighted by atomic mass is 16.6. The normalized spacial score (nSPS) is 17.1. The summed E-state index contributed by atoms with van der Waals surface area (Å²) in [5.41, 5.74) is 3.45. The van der Waals surface area contributed by atoms with Crippen LogP contribution in [0.1, 0.15) is 28.3 Å². The third-order valence-corrected chi connectivity index (χ3v) is 6.56. The fraction of sp³-hybridized carbons (Fsp3) is 0.143. The number of non-ortho nitro benzene ring substituents is 1. The summed E-state index contributed by atoms with van der Waals surface area (Å²) in [7, 11) is 0. The van der Waals surface area contributed by atoms with Gasteiger partial charge >= 0.3 is 0 Å². The van der Waals surface area contributed by atoms with Crippen LogP contribution in [0.3, 0.4) is 0 Å². The number of aryl methyl sites for hydroxylation is 1. The Morgan fingerprint density at radius 2 is 1.81 bits per heavy atom. The molecule has 8 heteroatoms.